The number of hydrazine groups is 1. The third-order valence-corrected chi connectivity index (χ3v) is 4.21. The van der Waals surface area contributed by atoms with Gasteiger partial charge < -0.3 is 9.52 Å². The van der Waals surface area contributed by atoms with E-state index in [0.717, 1.165) is 11.1 Å². The van der Waals surface area contributed by atoms with E-state index in [9.17, 15) is 10.0 Å². The normalized spacial score (nSPS) is 10.8. The van der Waals surface area contributed by atoms with E-state index in [4.69, 9.17) is 33.5 Å². The maximum absolute atomic E-state index is 11.2. The molecule has 1 aromatic heterocycles. The number of phenols is 1. The summed E-state index contributed by atoms with van der Waals surface area (Å²) in [6.07, 6.45) is 2.61. The van der Waals surface area contributed by atoms with Gasteiger partial charge in [0.1, 0.15) is 12.0 Å². The Kier molecular flexibility index (Phi) is 4.92. The third-order valence-electron chi connectivity index (χ3n) is 3.66. The van der Waals surface area contributed by atoms with Crippen molar-refractivity contribution in [2.24, 2.45) is 5.84 Å². The summed E-state index contributed by atoms with van der Waals surface area (Å²) in [5.41, 5.74) is 2.19. The minimum absolute atomic E-state index is 0.0125. The molecule has 0 aliphatic heterocycles. The molecular weight excluding hydrogens is 365 g/mol. The molecule has 3 aromatic rings. The molecule has 0 aliphatic carbocycles. The highest BCUT2D eigenvalue weighted by molar-refractivity contribution is 6.36. The van der Waals surface area contributed by atoms with Gasteiger partial charge in [0, 0.05) is 23.1 Å². The van der Waals surface area contributed by atoms with Crippen molar-refractivity contribution in [3.63, 3.8) is 0 Å². The van der Waals surface area contributed by atoms with Crippen LogP contribution in [0.1, 0.15) is 11.5 Å². The Morgan fingerprint density at radius 2 is 1.96 bits per heavy atom. The second-order valence-corrected chi connectivity index (χ2v) is 6.24. The minimum atomic E-state index is -0.169. The summed E-state index contributed by atoms with van der Waals surface area (Å²) in [7, 11) is 0. The fourth-order valence-corrected chi connectivity index (χ4v) is 2.90. The molecule has 0 saturated carbocycles. The fraction of sp³-hybridized carbons (Fsp3) is 0.118. The molecular formula is C17H14Cl2N3O3+. The van der Waals surface area contributed by atoms with E-state index in [1.807, 2.05) is 0 Å². The highest BCUT2D eigenvalue weighted by Crippen LogP contribution is 2.30. The Morgan fingerprint density at radius 3 is 2.68 bits per heavy atom. The summed E-state index contributed by atoms with van der Waals surface area (Å²) in [6, 6.07) is 9.83. The van der Waals surface area contributed by atoms with Crippen LogP contribution < -0.4 is 5.84 Å². The number of hydrogen-bond donors (Lipinski definition) is 2. The quantitative estimate of drug-likeness (QED) is 0.389. The molecule has 0 unspecified atom stereocenters. The SMILES string of the molecule is N[N+](=O)c1cc(CCc2nc(-c3ccc(Cl)cc3Cl)co2)ccc1O. The van der Waals surface area contributed by atoms with Crippen LogP contribution in [0.3, 0.4) is 0 Å². The Hall–Kier alpha value is -2.57. The van der Waals surface area contributed by atoms with Crippen molar-refractivity contribution >= 4 is 28.9 Å². The van der Waals surface area contributed by atoms with Crippen LogP contribution in [0.2, 0.25) is 10.0 Å². The van der Waals surface area contributed by atoms with Crippen LogP contribution in [0.15, 0.2) is 47.1 Å². The number of halogens is 2. The fourth-order valence-electron chi connectivity index (χ4n) is 2.40. The van der Waals surface area contributed by atoms with Gasteiger partial charge in [-0.25, -0.2) is 4.98 Å². The molecule has 3 rings (SSSR count). The van der Waals surface area contributed by atoms with E-state index in [-0.39, 0.29) is 16.3 Å². The molecule has 2 aromatic carbocycles. The number of rotatable bonds is 5. The number of aromatic hydroxyl groups is 1. The van der Waals surface area contributed by atoms with Crippen molar-refractivity contribution in [3.8, 4) is 17.0 Å². The van der Waals surface area contributed by atoms with E-state index in [1.54, 1.807) is 24.3 Å². The molecule has 0 aliphatic rings. The standard InChI is InChI=1S/C17H13Cl2N3O3/c18-11-3-4-12(13(19)8-11)14-9-25-17(21-14)6-2-10-1-5-16(23)15(7-10)22(20)24/h1,3-5,7-9H,2,6H2,(H2-,20,23,24)/p+1. The van der Waals surface area contributed by atoms with Crippen LogP contribution >= 0.6 is 23.2 Å². The van der Waals surface area contributed by atoms with Gasteiger partial charge in [0.25, 0.3) is 0 Å². The highest BCUT2D eigenvalue weighted by Gasteiger charge is 2.17. The predicted octanol–water partition coefficient (Wildman–Crippen LogP) is 4.42. The second-order valence-electron chi connectivity index (χ2n) is 5.40. The molecule has 0 fully saturated rings. The van der Waals surface area contributed by atoms with E-state index >= 15 is 0 Å². The van der Waals surface area contributed by atoms with Crippen LogP contribution in [0.25, 0.3) is 11.3 Å². The Bertz CT molecular complexity index is 941. The maximum atomic E-state index is 11.2. The summed E-state index contributed by atoms with van der Waals surface area (Å²) < 4.78 is 5.48. The number of benzene rings is 2. The highest BCUT2D eigenvalue weighted by atomic mass is 35.5. The van der Waals surface area contributed by atoms with Crippen molar-refractivity contribution < 1.29 is 14.4 Å². The lowest BCUT2D eigenvalue weighted by atomic mass is 10.1. The van der Waals surface area contributed by atoms with Crippen molar-refractivity contribution in [2.45, 2.75) is 12.8 Å². The zero-order chi connectivity index (χ0) is 18.0. The minimum Gasteiger partial charge on any atom is -0.502 e. The first kappa shape index (κ1) is 17.3. The molecule has 0 spiro atoms. The van der Waals surface area contributed by atoms with Crippen molar-refractivity contribution in [1.82, 2.24) is 4.98 Å². The Balaban J connectivity index is 1.74. The molecule has 0 radical (unpaired) electrons. The zero-order valence-corrected chi connectivity index (χ0v) is 14.5. The van der Waals surface area contributed by atoms with E-state index in [1.165, 1.54) is 18.4 Å². The lowest BCUT2D eigenvalue weighted by Gasteiger charge is -2.00. The summed E-state index contributed by atoms with van der Waals surface area (Å²) in [5, 5.41) is 10.6. The number of nitrogens with two attached hydrogens (primary N) is 1. The van der Waals surface area contributed by atoms with E-state index < -0.39 is 0 Å². The molecule has 0 bridgehead atoms. The van der Waals surface area contributed by atoms with Crippen LogP contribution in [-0.2, 0) is 12.8 Å². The van der Waals surface area contributed by atoms with E-state index in [2.05, 4.69) is 4.98 Å². The van der Waals surface area contributed by atoms with Gasteiger partial charge in [-0.3, -0.25) is 0 Å². The van der Waals surface area contributed by atoms with Gasteiger partial charge in [0.2, 0.25) is 0 Å². The van der Waals surface area contributed by atoms with Crippen LogP contribution in [0.5, 0.6) is 5.75 Å². The first-order chi connectivity index (χ1) is 11.9. The van der Waals surface area contributed by atoms with Crippen LogP contribution in [0, 0.1) is 4.91 Å². The molecule has 6 nitrogen and oxygen atoms in total. The molecule has 0 amide bonds. The number of phenolic OH excluding ortho intramolecular Hbond substituents is 1. The molecule has 0 atom stereocenters. The summed E-state index contributed by atoms with van der Waals surface area (Å²) in [4.78, 5) is 15.7. The monoisotopic (exact) mass is 378 g/mol. The lowest BCUT2D eigenvalue weighted by molar-refractivity contribution is -0.475. The van der Waals surface area contributed by atoms with Crippen molar-refractivity contribution in [3.05, 3.63) is 69.1 Å². The smallest absolute Gasteiger partial charge is 0.333 e. The number of aryl methyl sites for hydroxylation is 2. The summed E-state index contributed by atoms with van der Waals surface area (Å²) in [6.45, 7) is 0. The number of oxazole rings is 1. The van der Waals surface area contributed by atoms with Gasteiger partial charge >= 0.3 is 5.69 Å². The van der Waals surface area contributed by atoms with Gasteiger partial charge in [-0.1, -0.05) is 29.3 Å². The number of nitrogens with zero attached hydrogens (tertiary/aromatic N) is 2. The number of aromatic nitrogens is 1. The summed E-state index contributed by atoms with van der Waals surface area (Å²) in [5.74, 6) is 5.51. The van der Waals surface area contributed by atoms with E-state index in [0.29, 0.717) is 34.5 Å². The largest absolute Gasteiger partial charge is 0.502 e. The third kappa shape index (κ3) is 3.92. The van der Waals surface area contributed by atoms with Crippen molar-refractivity contribution in [2.75, 3.05) is 0 Å². The lowest BCUT2D eigenvalue weighted by Crippen LogP contribution is -2.09. The average Bonchev–Trinajstić information content (AvgIpc) is 3.02. The molecule has 0 saturated heterocycles. The van der Waals surface area contributed by atoms with Gasteiger partial charge in [0.15, 0.2) is 16.5 Å². The number of nitroso groups, excluding NO2 is 1. The second kappa shape index (κ2) is 7.13. The average molecular weight is 379 g/mol. The number of hydrogen-bond acceptors (Lipinski definition) is 4. The van der Waals surface area contributed by atoms with Gasteiger partial charge in [-0.05, 0) is 36.2 Å². The Labute approximate surface area is 153 Å². The first-order valence-corrected chi connectivity index (χ1v) is 8.13. The summed E-state index contributed by atoms with van der Waals surface area (Å²) >= 11 is 12.1. The molecule has 1 heterocycles. The van der Waals surface area contributed by atoms with Gasteiger partial charge in [-0.15, -0.1) is 0 Å². The van der Waals surface area contributed by atoms with Crippen molar-refractivity contribution in [1.29, 1.82) is 0 Å². The first-order valence-electron chi connectivity index (χ1n) is 7.37. The predicted molar refractivity (Wildman–Crippen MR) is 94.9 cm³/mol. The molecule has 128 valence electrons. The van der Waals surface area contributed by atoms with Gasteiger partial charge in [-0.2, -0.15) is 5.84 Å². The maximum Gasteiger partial charge on any atom is 0.333 e. The van der Waals surface area contributed by atoms with Crippen LogP contribution in [0.4, 0.5) is 5.69 Å². The molecule has 25 heavy (non-hydrogen) atoms. The van der Waals surface area contributed by atoms with Crippen LogP contribution in [-0.4, -0.2) is 15.0 Å². The molecule has 3 N–H and O–H groups in total. The van der Waals surface area contributed by atoms with Gasteiger partial charge in [0.05, 0.1) is 9.93 Å². The topological polar surface area (TPSA) is 92.4 Å². The zero-order valence-electron chi connectivity index (χ0n) is 12.9. The molecule has 8 heteroatoms. The Morgan fingerprint density at radius 1 is 1.16 bits per heavy atom.